The molecule has 6 rings (SSSR count). The van der Waals surface area contributed by atoms with Gasteiger partial charge in [0.1, 0.15) is 11.4 Å². The van der Waals surface area contributed by atoms with Crippen molar-refractivity contribution in [2.75, 3.05) is 19.6 Å². The molecule has 4 atom stereocenters. The predicted octanol–water partition coefficient (Wildman–Crippen LogP) is 3.70. The summed E-state index contributed by atoms with van der Waals surface area (Å²) in [6.45, 7) is 2.88. The Hall–Kier alpha value is -2.47. The molecule has 6 heteroatoms. The molecule has 2 bridgehead atoms. The fraction of sp³-hybridized carbons (Fsp3) is 0.520. The van der Waals surface area contributed by atoms with Gasteiger partial charge in [-0.25, -0.2) is 4.39 Å². The summed E-state index contributed by atoms with van der Waals surface area (Å²) >= 11 is 0. The number of carbonyl (C=O) groups excluding carboxylic acids is 1. The number of para-hydroxylation sites is 1. The summed E-state index contributed by atoms with van der Waals surface area (Å²) in [5.41, 5.74) is 1.29. The third kappa shape index (κ3) is 2.99. The van der Waals surface area contributed by atoms with E-state index in [1.165, 1.54) is 43.2 Å². The molecule has 1 N–H and O–H groups in total. The van der Waals surface area contributed by atoms with E-state index in [2.05, 4.69) is 16.0 Å². The Balaban J connectivity index is 1.37. The van der Waals surface area contributed by atoms with Gasteiger partial charge in [0.15, 0.2) is 0 Å². The fourth-order valence-electron chi connectivity index (χ4n) is 6.73. The smallest absolute Gasteiger partial charge is 0.259 e. The van der Waals surface area contributed by atoms with Crippen LogP contribution >= 0.6 is 0 Å². The molecular weight excluding hydrogens is 393 g/mol. The van der Waals surface area contributed by atoms with Crippen molar-refractivity contribution >= 4 is 16.8 Å². The molecule has 5 nitrogen and oxygen atoms in total. The van der Waals surface area contributed by atoms with Crippen molar-refractivity contribution in [3.05, 3.63) is 57.6 Å². The third-order valence-corrected chi connectivity index (χ3v) is 8.01. The maximum Gasteiger partial charge on any atom is 0.259 e. The van der Waals surface area contributed by atoms with Gasteiger partial charge >= 0.3 is 0 Å². The van der Waals surface area contributed by atoms with Crippen molar-refractivity contribution in [2.24, 2.45) is 11.8 Å². The van der Waals surface area contributed by atoms with E-state index in [-0.39, 0.29) is 33.8 Å². The average Bonchev–Trinajstić information content (AvgIpc) is 2.79. The number of carbonyl (C=O) groups is 1. The number of aromatic nitrogens is 1. The van der Waals surface area contributed by atoms with Gasteiger partial charge in [0.2, 0.25) is 5.43 Å². The number of H-pyrrole nitrogens is 1. The van der Waals surface area contributed by atoms with Crippen LogP contribution in [0.3, 0.4) is 0 Å². The van der Waals surface area contributed by atoms with Gasteiger partial charge in [-0.05, 0) is 62.6 Å². The largest absolute Gasteiger partial charge is 0.358 e. The number of amides is 1. The van der Waals surface area contributed by atoms with Crippen LogP contribution in [0.15, 0.2) is 40.8 Å². The van der Waals surface area contributed by atoms with E-state index in [0.29, 0.717) is 24.4 Å². The first kappa shape index (κ1) is 19.2. The van der Waals surface area contributed by atoms with E-state index < -0.39 is 5.82 Å². The standard InChI is InChI=1S/C25H28FN3O2/c26-20-7-3-6-18-22(20)27-13-19(24(18)30)25(31)29-10-4-5-15-11-16-12-17(23(15)29)14-28-9-2-1-8-21(16)28/h3,6-7,11,13,16-17,21,23H,1-2,4-5,8-10,12,14H2,(H,27,30)/t16-,17+,21-,23-/m0/s1. The molecule has 3 saturated heterocycles. The highest BCUT2D eigenvalue weighted by Crippen LogP contribution is 2.45. The van der Waals surface area contributed by atoms with Gasteiger partial charge in [0.05, 0.1) is 11.6 Å². The summed E-state index contributed by atoms with van der Waals surface area (Å²) in [6, 6.07) is 5.17. The third-order valence-electron chi connectivity index (χ3n) is 8.01. The second kappa shape index (κ2) is 7.30. The highest BCUT2D eigenvalue weighted by molar-refractivity contribution is 5.97. The van der Waals surface area contributed by atoms with Gasteiger partial charge in [-0.2, -0.15) is 0 Å². The van der Waals surface area contributed by atoms with Gasteiger partial charge < -0.3 is 9.88 Å². The Morgan fingerprint density at radius 2 is 2.06 bits per heavy atom. The van der Waals surface area contributed by atoms with Gasteiger partial charge in [0, 0.05) is 30.7 Å². The molecule has 3 fully saturated rings. The van der Waals surface area contributed by atoms with Gasteiger partial charge in [-0.3, -0.25) is 14.5 Å². The van der Waals surface area contributed by atoms with Crippen LogP contribution in [-0.2, 0) is 0 Å². The van der Waals surface area contributed by atoms with Crippen LogP contribution in [0.5, 0.6) is 0 Å². The predicted molar refractivity (Wildman–Crippen MR) is 117 cm³/mol. The normalized spacial score (nSPS) is 30.5. The number of rotatable bonds is 1. The second-order valence-corrected chi connectivity index (χ2v) is 9.70. The SMILES string of the molecule is O=C(c1c[nH]c2c(F)cccc2c1=O)N1CCCC2=C[C@H]3C[C@H](CN4CCCC[C@@H]34)[C@H]21. The minimum absolute atomic E-state index is 0.0861. The minimum Gasteiger partial charge on any atom is -0.358 e. The zero-order chi connectivity index (χ0) is 21.1. The molecule has 2 aromatic rings. The Kier molecular flexibility index (Phi) is 4.53. The number of nitrogens with one attached hydrogen (secondary N) is 1. The number of likely N-dealkylation sites (tertiary alicyclic amines) is 1. The molecule has 0 radical (unpaired) electrons. The summed E-state index contributed by atoms with van der Waals surface area (Å²) in [6.07, 6.45) is 10.9. The molecule has 1 amide bonds. The number of piperidine rings is 3. The Bertz CT molecular complexity index is 1140. The summed E-state index contributed by atoms with van der Waals surface area (Å²) in [5, 5.41) is 0.233. The monoisotopic (exact) mass is 421 g/mol. The first-order valence-electron chi connectivity index (χ1n) is 11.7. The van der Waals surface area contributed by atoms with Crippen LogP contribution < -0.4 is 5.43 Å². The zero-order valence-corrected chi connectivity index (χ0v) is 17.6. The molecular formula is C25H28FN3O2. The summed E-state index contributed by atoms with van der Waals surface area (Å²) < 4.78 is 14.1. The Morgan fingerprint density at radius 1 is 1.16 bits per heavy atom. The van der Waals surface area contributed by atoms with Crippen molar-refractivity contribution in [2.45, 2.75) is 50.6 Å². The summed E-state index contributed by atoms with van der Waals surface area (Å²) in [7, 11) is 0. The van der Waals surface area contributed by atoms with Crippen molar-refractivity contribution in [3.8, 4) is 0 Å². The van der Waals surface area contributed by atoms with Gasteiger partial charge in [0.25, 0.3) is 5.91 Å². The molecule has 4 aliphatic rings. The summed E-state index contributed by atoms with van der Waals surface area (Å²) in [4.78, 5) is 34.1. The first-order chi connectivity index (χ1) is 15.1. The van der Waals surface area contributed by atoms with Crippen LogP contribution in [0.1, 0.15) is 48.9 Å². The number of halogens is 1. The number of benzene rings is 1. The van der Waals surface area contributed by atoms with Gasteiger partial charge in [-0.1, -0.05) is 24.1 Å². The highest BCUT2D eigenvalue weighted by Gasteiger charge is 2.47. The van der Waals surface area contributed by atoms with Crippen molar-refractivity contribution in [1.29, 1.82) is 0 Å². The van der Waals surface area contributed by atoms with E-state index in [0.717, 1.165) is 32.4 Å². The van der Waals surface area contributed by atoms with E-state index in [1.807, 2.05) is 4.90 Å². The van der Waals surface area contributed by atoms with Crippen LogP contribution in [0.2, 0.25) is 0 Å². The highest BCUT2D eigenvalue weighted by atomic mass is 19.1. The quantitative estimate of drug-likeness (QED) is 0.715. The van der Waals surface area contributed by atoms with E-state index in [9.17, 15) is 14.0 Å². The molecule has 1 aromatic heterocycles. The number of hydrogen-bond donors (Lipinski definition) is 1. The number of fused-ring (bicyclic) bond motifs is 7. The summed E-state index contributed by atoms with van der Waals surface area (Å²) in [5.74, 6) is 0.337. The minimum atomic E-state index is -0.478. The maximum atomic E-state index is 14.1. The van der Waals surface area contributed by atoms with E-state index >= 15 is 0 Å². The van der Waals surface area contributed by atoms with Crippen molar-refractivity contribution in [3.63, 3.8) is 0 Å². The molecule has 31 heavy (non-hydrogen) atoms. The topological polar surface area (TPSA) is 56.4 Å². The molecule has 4 heterocycles. The second-order valence-electron chi connectivity index (χ2n) is 9.70. The molecule has 1 aromatic carbocycles. The molecule has 0 unspecified atom stereocenters. The number of aromatic amines is 1. The van der Waals surface area contributed by atoms with Crippen LogP contribution in [0, 0.1) is 17.7 Å². The molecule has 0 saturated carbocycles. The first-order valence-corrected chi connectivity index (χ1v) is 11.7. The van der Waals surface area contributed by atoms with E-state index in [4.69, 9.17) is 0 Å². The average molecular weight is 422 g/mol. The van der Waals surface area contributed by atoms with Crippen molar-refractivity contribution < 1.29 is 9.18 Å². The van der Waals surface area contributed by atoms with E-state index in [1.54, 1.807) is 6.07 Å². The zero-order valence-electron chi connectivity index (χ0n) is 17.6. The molecule has 3 aliphatic heterocycles. The Morgan fingerprint density at radius 3 is 2.97 bits per heavy atom. The molecule has 0 spiro atoms. The lowest BCUT2D eigenvalue weighted by Crippen LogP contribution is -2.60. The number of hydrogen-bond acceptors (Lipinski definition) is 3. The Labute approximate surface area is 180 Å². The van der Waals surface area contributed by atoms with Crippen LogP contribution in [-0.4, -0.2) is 52.4 Å². The lowest BCUT2D eigenvalue weighted by molar-refractivity contribution is 0.00143. The fourth-order valence-corrected chi connectivity index (χ4v) is 6.73. The lowest BCUT2D eigenvalue weighted by Gasteiger charge is -2.54. The van der Waals surface area contributed by atoms with Crippen LogP contribution in [0.4, 0.5) is 4.39 Å². The maximum absolute atomic E-state index is 14.1. The molecule has 1 aliphatic carbocycles. The lowest BCUT2D eigenvalue weighted by atomic mass is 9.68. The molecule has 162 valence electrons. The number of pyridine rings is 1. The van der Waals surface area contributed by atoms with Gasteiger partial charge in [-0.15, -0.1) is 0 Å². The number of nitrogens with zero attached hydrogens (tertiary/aromatic N) is 2. The van der Waals surface area contributed by atoms with Crippen molar-refractivity contribution in [1.82, 2.24) is 14.8 Å². The van der Waals surface area contributed by atoms with Crippen LogP contribution in [0.25, 0.3) is 10.9 Å².